The zero-order valence-corrected chi connectivity index (χ0v) is 13.7. The van der Waals surface area contributed by atoms with Crippen LogP contribution >= 0.6 is 0 Å². The number of benzene rings is 1. The third-order valence-electron chi connectivity index (χ3n) is 3.98. The van der Waals surface area contributed by atoms with Crippen LogP contribution in [0.2, 0.25) is 0 Å². The van der Waals surface area contributed by atoms with Gasteiger partial charge in [0.25, 0.3) is 0 Å². The molecule has 0 spiro atoms. The average Bonchev–Trinajstić information content (AvgIpc) is 2.99. The van der Waals surface area contributed by atoms with E-state index in [9.17, 15) is 4.79 Å². The fourth-order valence-electron chi connectivity index (χ4n) is 2.53. The van der Waals surface area contributed by atoms with Gasteiger partial charge in [0.2, 0.25) is 0 Å². The first-order chi connectivity index (χ1) is 11.0. The molecule has 0 aliphatic carbocycles. The number of aromatic nitrogens is 4. The van der Waals surface area contributed by atoms with E-state index in [1.165, 1.54) is 5.56 Å². The lowest BCUT2D eigenvalue weighted by molar-refractivity contribution is 0.251. The van der Waals surface area contributed by atoms with Gasteiger partial charge >= 0.3 is 6.03 Å². The zero-order chi connectivity index (χ0) is 16.6. The van der Waals surface area contributed by atoms with Crippen LogP contribution in [0.25, 0.3) is 10.9 Å². The Bertz CT molecular complexity index is 876. The molecule has 0 saturated heterocycles. The highest BCUT2D eigenvalue weighted by molar-refractivity contribution is 5.90. The van der Waals surface area contributed by atoms with Gasteiger partial charge in [-0.1, -0.05) is 11.6 Å². The first kappa shape index (κ1) is 15.1. The predicted octanol–water partition coefficient (Wildman–Crippen LogP) is 2.25. The van der Waals surface area contributed by atoms with Gasteiger partial charge in [-0.3, -0.25) is 9.36 Å². The van der Waals surface area contributed by atoms with Gasteiger partial charge in [0, 0.05) is 19.5 Å². The molecule has 23 heavy (non-hydrogen) atoms. The number of aryl methyl sites for hydroxylation is 3. The van der Waals surface area contributed by atoms with Gasteiger partial charge in [-0.05, 0) is 26.0 Å². The molecular weight excluding hydrogens is 292 g/mol. The van der Waals surface area contributed by atoms with Crippen molar-refractivity contribution in [2.24, 2.45) is 14.1 Å². The molecule has 7 heteroatoms. The summed E-state index contributed by atoms with van der Waals surface area (Å²) in [6, 6.07) is 5.91. The summed E-state index contributed by atoms with van der Waals surface area (Å²) in [5, 5.41) is 15.3. The lowest BCUT2D eigenvalue weighted by Crippen LogP contribution is -2.28. The number of carbonyl (C=O) groups excluding carboxylic acids is 1. The van der Waals surface area contributed by atoms with Crippen LogP contribution in [0, 0.1) is 13.8 Å². The van der Waals surface area contributed by atoms with E-state index in [0.717, 1.165) is 22.3 Å². The minimum absolute atomic E-state index is 0.271. The summed E-state index contributed by atoms with van der Waals surface area (Å²) < 4.78 is 3.54. The largest absolute Gasteiger partial charge is 0.332 e. The van der Waals surface area contributed by atoms with Crippen LogP contribution in [0.4, 0.5) is 10.5 Å². The molecule has 2 N–H and O–H groups in total. The van der Waals surface area contributed by atoms with Gasteiger partial charge < -0.3 is 10.6 Å². The van der Waals surface area contributed by atoms with Crippen LogP contribution < -0.4 is 10.6 Å². The van der Waals surface area contributed by atoms with Crippen LogP contribution in [0.15, 0.2) is 24.4 Å². The van der Waals surface area contributed by atoms with Crippen LogP contribution in [0.3, 0.4) is 0 Å². The van der Waals surface area contributed by atoms with E-state index >= 15 is 0 Å². The molecule has 3 rings (SSSR count). The highest BCUT2D eigenvalue weighted by Gasteiger charge is 2.11. The monoisotopic (exact) mass is 312 g/mol. The Balaban J connectivity index is 1.72. The molecule has 1 aromatic carbocycles. The molecule has 7 nitrogen and oxygen atoms in total. The van der Waals surface area contributed by atoms with Crippen LogP contribution in [-0.2, 0) is 20.6 Å². The Morgan fingerprint density at radius 2 is 2.00 bits per heavy atom. The van der Waals surface area contributed by atoms with E-state index in [1.807, 2.05) is 38.7 Å². The summed E-state index contributed by atoms with van der Waals surface area (Å²) in [4.78, 5) is 12.1. The summed E-state index contributed by atoms with van der Waals surface area (Å²) >= 11 is 0. The number of anilines is 1. The van der Waals surface area contributed by atoms with Gasteiger partial charge in [-0.15, -0.1) is 0 Å². The van der Waals surface area contributed by atoms with Gasteiger partial charge in [-0.25, -0.2) is 4.79 Å². The molecule has 0 bridgehead atoms. The number of hydrogen-bond acceptors (Lipinski definition) is 3. The van der Waals surface area contributed by atoms with Crippen molar-refractivity contribution in [3.05, 3.63) is 41.3 Å². The zero-order valence-electron chi connectivity index (χ0n) is 13.7. The smallest absolute Gasteiger partial charge is 0.319 e. The molecule has 0 atom stereocenters. The lowest BCUT2D eigenvalue weighted by atomic mass is 10.1. The molecule has 2 amide bonds. The number of amides is 2. The average molecular weight is 312 g/mol. The van der Waals surface area contributed by atoms with Crippen molar-refractivity contribution in [1.29, 1.82) is 0 Å². The number of urea groups is 1. The highest BCUT2D eigenvalue weighted by atomic mass is 16.2. The van der Waals surface area contributed by atoms with Crippen molar-refractivity contribution in [2.75, 3.05) is 5.32 Å². The van der Waals surface area contributed by atoms with Crippen LogP contribution in [0.1, 0.15) is 17.0 Å². The number of nitrogens with one attached hydrogen (secondary N) is 2. The minimum atomic E-state index is -0.271. The minimum Gasteiger partial charge on any atom is -0.332 e. The molecule has 0 aliphatic rings. The van der Waals surface area contributed by atoms with E-state index in [4.69, 9.17) is 0 Å². The van der Waals surface area contributed by atoms with Gasteiger partial charge in [0.15, 0.2) is 0 Å². The molecule has 0 radical (unpaired) electrons. The summed E-state index contributed by atoms with van der Waals surface area (Å²) in [6.07, 6.45) is 1.63. The Hall–Kier alpha value is -2.83. The fraction of sp³-hybridized carbons (Fsp3) is 0.312. The standard InChI is InChI=1S/C16H20N6O/c1-10-5-6-15-12(7-10)14(20-22(15)4)8-17-16(23)19-13-9-18-21(3)11(13)2/h5-7,9H,8H2,1-4H3,(H2,17,19,23). The summed E-state index contributed by atoms with van der Waals surface area (Å²) in [5.74, 6) is 0. The molecule has 2 heterocycles. The second-order valence-corrected chi connectivity index (χ2v) is 5.67. The van der Waals surface area contributed by atoms with Crippen molar-refractivity contribution in [2.45, 2.75) is 20.4 Å². The van der Waals surface area contributed by atoms with Crippen molar-refractivity contribution in [1.82, 2.24) is 24.9 Å². The highest BCUT2D eigenvalue weighted by Crippen LogP contribution is 2.19. The van der Waals surface area contributed by atoms with Crippen molar-refractivity contribution in [3.63, 3.8) is 0 Å². The van der Waals surface area contributed by atoms with E-state index in [2.05, 4.69) is 33.0 Å². The molecule has 0 fully saturated rings. The number of fused-ring (bicyclic) bond motifs is 1. The van der Waals surface area contributed by atoms with Gasteiger partial charge in [0.1, 0.15) is 0 Å². The summed E-state index contributed by atoms with van der Waals surface area (Å²) in [7, 11) is 3.74. The van der Waals surface area contributed by atoms with E-state index < -0.39 is 0 Å². The number of carbonyl (C=O) groups is 1. The second-order valence-electron chi connectivity index (χ2n) is 5.67. The van der Waals surface area contributed by atoms with E-state index in [-0.39, 0.29) is 6.03 Å². The summed E-state index contributed by atoms with van der Waals surface area (Å²) in [6.45, 7) is 4.31. The molecule has 0 aliphatic heterocycles. The number of nitrogens with zero attached hydrogens (tertiary/aromatic N) is 4. The molecule has 0 unspecified atom stereocenters. The molecule has 3 aromatic rings. The Morgan fingerprint density at radius 1 is 1.22 bits per heavy atom. The SMILES string of the molecule is Cc1ccc2c(c1)c(CNC(=O)Nc1cnn(C)c1C)nn2C. The first-order valence-electron chi connectivity index (χ1n) is 7.41. The van der Waals surface area contributed by atoms with Gasteiger partial charge in [-0.2, -0.15) is 10.2 Å². The van der Waals surface area contributed by atoms with E-state index in [1.54, 1.807) is 10.9 Å². The van der Waals surface area contributed by atoms with Crippen molar-refractivity contribution >= 4 is 22.6 Å². The maximum absolute atomic E-state index is 12.1. The normalized spacial score (nSPS) is 11.0. The van der Waals surface area contributed by atoms with E-state index in [0.29, 0.717) is 12.2 Å². The lowest BCUT2D eigenvalue weighted by Gasteiger charge is -2.06. The third kappa shape index (κ3) is 2.90. The Kier molecular flexibility index (Phi) is 3.77. The molecule has 120 valence electrons. The maximum atomic E-state index is 12.1. The van der Waals surface area contributed by atoms with Crippen molar-refractivity contribution in [3.8, 4) is 0 Å². The third-order valence-corrected chi connectivity index (χ3v) is 3.98. The Labute approximate surface area is 134 Å². The molecular formula is C16H20N6O. The fourth-order valence-corrected chi connectivity index (χ4v) is 2.53. The second kappa shape index (κ2) is 5.75. The van der Waals surface area contributed by atoms with Crippen LogP contribution in [0.5, 0.6) is 0 Å². The molecule has 2 aromatic heterocycles. The van der Waals surface area contributed by atoms with Crippen molar-refractivity contribution < 1.29 is 4.79 Å². The Morgan fingerprint density at radius 3 is 2.70 bits per heavy atom. The number of rotatable bonds is 3. The maximum Gasteiger partial charge on any atom is 0.319 e. The quantitative estimate of drug-likeness (QED) is 0.778. The first-order valence-corrected chi connectivity index (χ1v) is 7.41. The van der Waals surface area contributed by atoms with Gasteiger partial charge in [0.05, 0.1) is 35.3 Å². The topological polar surface area (TPSA) is 76.8 Å². The number of hydrogen-bond donors (Lipinski definition) is 2. The molecule has 0 saturated carbocycles. The summed E-state index contributed by atoms with van der Waals surface area (Å²) in [5.41, 5.74) is 4.67. The predicted molar refractivity (Wildman–Crippen MR) is 89.3 cm³/mol. The van der Waals surface area contributed by atoms with Crippen LogP contribution in [-0.4, -0.2) is 25.6 Å².